The molecule has 158 valence electrons. The summed E-state index contributed by atoms with van der Waals surface area (Å²) in [6.45, 7) is 10.9. The van der Waals surface area contributed by atoms with Gasteiger partial charge in [0.05, 0.1) is 23.4 Å². The fraction of sp³-hybridized carbons (Fsp3) is 0.550. The Balaban J connectivity index is 2.15. The summed E-state index contributed by atoms with van der Waals surface area (Å²) in [4.78, 5) is 25.3. The largest absolute Gasteiger partial charge is 0.381 e. The van der Waals surface area contributed by atoms with E-state index in [1.807, 2.05) is 34.6 Å². The molecule has 3 heterocycles. The van der Waals surface area contributed by atoms with Crippen molar-refractivity contribution in [1.82, 2.24) is 9.78 Å². The van der Waals surface area contributed by atoms with Gasteiger partial charge in [0.15, 0.2) is 5.69 Å². The highest BCUT2D eigenvalue weighted by Gasteiger charge is 2.43. The third-order valence-electron chi connectivity index (χ3n) is 4.87. The number of primary amides is 2. The molecule has 2 amide bonds. The van der Waals surface area contributed by atoms with Crippen LogP contribution in [0, 0.1) is 0 Å². The third-order valence-corrected chi connectivity index (χ3v) is 6.39. The SMILES string of the molecule is CCOCCc1cn(-c2sc3c(c2C(N)=O)CC(C)(C)OC3(C)C)nc1C(N)=O. The van der Waals surface area contributed by atoms with E-state index in [9.17, 15) is 9.59 Å². The summed E-state index contributed by atoms with van der Waals surface area (Å²) in [5.41, 5.74) is 12.4. The van der Waals surface area contributed by atoms with Gasteiger partial charge in [-0.25, -0.2) is 4.68 Å². The van der Waals surface area contributed by atoms with Gasteiger partial charge in [-0.15, -0.1) is 11.3 Å². The Morgan fingerprint density at radius 1 is 1.28 bits per heavy atom. The second kappa shape index (κ2) is 7.55. The number of fused-ring (bicyclic) bond motifs is 1. The van der Waals surface area contributed by atoms with Crippen LogP contribution in [-0.2, 0) is 27.9 Å². The van der Waals surface area contributed by atoms with Gasteiger partial charge >= 0.3 is 0 Å². The van der Waals surface area contributed by atoms with Gasteiger partial charge < -0.3 is 20.9 Å². The van der Waals surface area contributed by atoms with Crippen molar-refractivity contribution in [2.24, 2.45) is 11.5 Å². The smallest absolute Gasteiger partial charge is 0.269 e. The predicted molar refractivity (Wildman–Crippen MR) is 111 cm³/mol. The number of ether oxygens (including phenoxy) is 2. The van der Waals surface area contributed by atoms with Crippen molar-refractivity contribution in [3.05, 3.63) is 33.5 Å². The lowest BCUT2D eigenvalue weighted by atomic mass is 9.86. The van der Waals surface area contributed by atoms with E-state index in [1.54, 1.807) is 6.20 Å². The van der Waals surface area contributed by atoms with E-state index in [0.717, 1.165) is 10.4 Å². The molecular weight excluding hydrogens is 392 g/mol. The Kier molecular flexibility index (Phi) is 5.59. The summed E-state index contributed by atoms with van der Waals surface area (Å²) in [5, 5.41) is 4.95. The summed E-state index contributed by atoms with van der Waals surface area (Å²) >= 11 is 1.40. The van der Waals surface area contributed by atoms with E-state index in [1.165, 1.54) is 16.0 Å². The predicted octanol–water partition coefficient (Wildman–Crippen LogP) is 2.30. The number of nitrogens with two attached hydrogens (primary N) is 2. The van der Waals surface area contributed by atoms with Gasteiger partial charge in [0.25, 0.3) is 11.8 Å². The molecular formula is C20H28N4O4S. The van der Waals surface area contributed by atoms with Crippen molar-refractivity contribution in [2.45, 2.75) is 58.7 Å². The molecule has 2 aromatic rings. The average Bonchev–Trinajstić information content (AvgIpc) is 3.15. The molecule has 3 rings (SSSR count). The summed E-state index contributed by atoms with van der Waals surface area (Å²) in [6, 6.07) is 0. The topological polar surface area (TPSA) is 122 Å². The van der Waals surface area contributed by atoms with Gasteiger partial charge in [0.2, 0.25) is 0 Å². The van der Waals surface area contributed by atoms with E-state index >= 15 is 0 Å². The zero-order chi connectivity index (χ0) is 21.6. The van der Waals surface area contributed by atoms with Crippen LogP contribution in [-0.4, -0.2) is 40.4 Å². The van der Waals surface area contributed by atoms with Crippen molar-refractivity contribution < 1.29 is 19.1 Å². The van der Waals surface area contributed by atoms with Crippen molar-refractivity contribution in [3.63, 3.8) is 0 Å². The van der Waals surface area contributed by atoms with Gasteiger partial charge in [-0.1, -0.05) is 0 Å². The Hall–Kier alpha value is -2.23. The maximum atomic E-state index is 12.4. The van der Waals surface area contributed by atoms with E-state index in [4.69, 9.17) is 20.9 Å². The summed E-state index contributed by atoms with van der Waals surface area (Å²) in [6.07, 6.45) is 2.77. The summed E-state index contributed by atoms with van der Waals surface area (Å²) < 4.78 is 13.2. The molecule has 29 heavy (non-hydrogen) atoms. The fourth-order valence-electron chi connectivity index (χ4n) is 3.95. The van der Waals surface area contributed by atoms with Gasteiger partial charge in [-0.2, -0.15) is 5.10 Å². The standard InChI is InChI=1S/C20H28N4O4S/c1-6-27-8-7-11-10-24(23-14(11)17(22)26)18-13(16(21)25)12-9-19(2,3)28-20(4,5)15(12)29-18/h10H,6-9H2,1-5H3,(H2,21,25)(H2,22,26). The molecule has 0 bridgehead atoms. The molecule has 0 unspecified atom stereocenters. The molecule has 0 aromatic carbocycles. The maximum absolute atomic E-state index is 12.4. The summed E-state index contributed by atoms with van der Waals surface area (Å²) in [7, 11) is 0. The number of hydrogen-bond acceptors (Lipinski definition) is 6. The van der Waals surface area contributed by atoms with E-state index in [0.29, 0.717) is 42.2 Å². The molecule has 0 radical (unpaired) electrons. The zero-order valence-electron chi connectivity index (χ0n) is 17.5. The molecule has 1 aliphatic rings. The second-order valence-corrected chi connectivity index (χ2v) is 9.26. The van der Waals surface area contributed by atoms with E-state index in [2.05, 4.69) is 5.10 Å². The Morgan fingerprint density at radius 3 is 2.55 bits per heavy atom. The number of nitrogens with zero attached hydrogens (tertiary/aromatic N) is 2. The lowest BCUT2D eigenvalue weighted by molar-refractivity contribution is -0.135. The normalized spacial score (nSPS) is 17.1. The quantitative estimate of drug-likeness (QED) is 0.666. The Morgan fingerprint density at radius 2 is 1.97 bits per heavy atom. The number of thiophene rings is 1. The van der Waals surface area contributed by atoms with Crippen LogP contribution in [0.25, 0.3) is 5.00 Å². The van der Waals surface area contributed by atoms with Crippen molar-refractivity contribution >= 4 is 23.2 Å². The van der Waals surface area contributed by atoms with E-state index < -0.39 is 23.0 Å². The van der Waals surface area contributed by atoms with Crippen LogP contribution in [0.5, 0.6) is 0 Å². The van der Waals surface area contributed by atoms with Crippen LogP contribution in [0.15, 0.2) is 6.20 Å². The number of aromatic nitrogens is 2. The highest BCUT2D eigenvalue weighted by molar-refractivity contribution is 7.15. The monoisotopic (exact) mass is 420 g/mol. The van der Waals surface area contributed by atoms with E-state index in [-0.39, 0.29) is 5.69 Å². The first-order valence-electron chi connectivity index (χ1n) is 9.59. The third kappa shape index (κ3) is 4.08. The number of carbonyl (C=O) groups excluding carboxylic acids is 2. The highest BCUT2D eigenvalue weighted by atomic mass is 32.1. The van der Waals surface area contributed by atoms with Crippen LogP contribution >= 0.6 is 11.3 Å². The zero-order valence-corrected chi connectivity index (χ0v) is 18.3. The number of carbonyl (C=O) groups is 2. The first-order valence-corrected chi connectivity index (χ1v) is 10.4. The van der Waals surface area contributed by atoms with Crippen LogP contribution in [0.4, 0.5) is 0 Å². The fourth-order valence-corrected chi connectivity index (χ4v) is 5.24. The van der Waals surface area contributed by atoms with Gasteiger partial charge in [-0.05, 0) is 46.6 Å². The van der Waals surface area contributed by atoms with Crippen molar-refractivity contribution in [3.8, 4) is 5.00 Å². The molecule has 0 fully saturated rings. The lowest BCUT2D eigenvalue weighted by Gasteiger charge is -2.41. The molecule has 0 saturated heterocycles. The van der Waals surface area contributed by atoms with Crippen LogP contribution in [0.3, 0.4) is 0 Å². The maximum Gasteiger partial charge on any atom is 0.269 e. The molecule has 2 aromatic heterocycles. The molecule has 1 aliphatic heterocycles. The van der Waals surface area contributed by atoms with Gasteiger partial charge in [-0.3, -0.25) is 9.59 Å². The number of hydrogen-bond donors (Lipinski definition) is 2. The second-order valence-electron chi connectivity index (χ2n) is 8.26. The number of amides is 2. The molecule has 4 N–H and O–H groups in total. The minimum atomic E-state index is -0.623. The summed E-state index contributed by atoms with van der Waals surface area (Å²) in [5.74, 6) is -1.15. The minimum absolute atomic E-state index is 0.169. The lowest BCUT2D eigenvalue weighted by Crippen LogP contribution is -2.42. The molecule has 0 saturated carbocycles. The Labute approximate surface area is 174 Å². The van der Waals surface area contributed by atoms with Crippen LogP contribution in [0.1, 0.15) is 71.5 Å². The Bertz CT molecular complexity index is 958. The molecule has 0 spiro atoms. The van der Waals surface area contributed by atoms with Crippen LogP contribution < -0.4 is 11.5 Å². The number of rotatable bonds is 7. The molecule has 9 heteroatoms. The van der Waals surface area contributed by atoms with Crippen molar-refractivity contribution in [1.29, 1.82) is 0 Å². The van der Waals surface area contributed by atoms with Crippen LogP contribution in [0.2, 0.25) is 0 Å². The molecule has 0 aliphatic carbocycles. The minimum Gasteiger partial charge on any atom is -0.381 e. The first-order chi connectivity index (χ1) is 13.5. The first kappa shape index (κ1) is 21.5. The highest BCUT2D eigenvalue weighted by Crippen LogP contribution is 2.47. The van der Waals surface area contributed by atoms with Gasteiger partial charge in [0, 0.05) is 29.7 Å². The molecule has 0 atom stereocenters. The molecule has 8 nitrogen and oxygen atoms in total. The van der Waals surface area contributed by atoms with Crippen molar-refractivity contribution in [2.75, 3.05) is 13.2 Å². The van der Waals surface area contributed by atoms with Gasteiger partial charge in [0.1, 0.15) is 5.00 Å². The average molecular weight is 421 g/mol.